The number of rotatable bonds is 1. The fraction of sp³-hybridized carbons (Fsp3) is 0.308. The molecule has 3 nitrogen and oxygen atoms in total. The van der Waals surface area contributed by atoms with Crippen LogP contribution in [0.1, 0.15) is 24.1 Å². The van der Waals surface area contributed by atoms with E-state index in [1.807, 2.05) is 10.7 Å². The molecule has 3 rings (SSSR count). The van der Waals surface area contributed by atoms with Gasteiger partial charge in [-0.05, 0) is 66.5 Å². The minimum atomic E-state index is 0.695. The number of nitrogens with two attached hydrogens (primary N) is 1. The summed E-state index contributed by atoms with van der Waals surface area (Å²) in [6.45, 7) is 0. The highest BCUT2D eigenvalue weighted by Crippen LogP contribution is 2.30. The third-order valence-electron chi connectivity index (χ3n) is 3.35. The molecule has 94 valence electrons. The molecule has 1 heterocycles. The maximum Gasteiger partial charge on any atom is 0.149 e. The quantitative estimate of drug-likeness (QED) is 0.719. The lowest BCUT2D eigenvalue weighted by Crippen LogP contribution is -2.08. The van der Waals surface area contributed by atoms with Gasteiger partial charge in [0.1, 0.15) is 5.82 Å². The summed E-state index contributed by atoms with van der Waals surface area (Å²) in [5.41, 5.74) is 9.69. The van der Waals surface area contributed by atoms with Crippen molar-refractivity contribution in [3.63, 3.8) is 0 Å². The third kappa shape index (κ3) is 2.07. The second-order valence-corrected chi connectivity index (χ2v) is 6.60. The van der Waals surface area contributed by atoms with Gasteiger partial charge in [-0.15, -0.1) is 0 Å². The average molecular weight is 418 g/mol. The van der Waals surface area contributed by atoms with E-state index in [0.29, 0.717) is 5.82 Å². The summed E-state index contributed by atoms with van der Waals surface area (Å²) in [6.07, 6.45) is 4.58. The van der Waals surface area contributed by atoms with Crippen molar-refractivity contribution in [2.24, 2.45) is 0 Å². The van der Waals surface area contributed by atoms with Gasteiger partial charge >= 0.3 is 0 Å². The zero-order chi connectivity index (χ0) is 12.7. The molecule has 0 saturated carbocycles. The molecule has 0 unspecified atom stereocenters. The molecule has 0 spiro atoms. The van der Waals surface area contributed by atoms with E-state index in [-0.39, 0.29) is 0 Å². The number of hydrogen-bond donors (Lipinski definition) is 1. The number of halogens is 2. The van der Waals surface area contributed by atoms with Gasteiger partial charge in [-0.25, -0.2) is 4.68 Å². The van der Waals surface area contributed by atoms with Gasteiger partial charge < -0.3 is 5.73 Å². The van der Waals surface area contributed by atoms with Crippen molar-refractivity contribution in [3.05, 3.63) is 37.5 Å². The van der Waals surface area contributed by atoms with Crippen LogP contribution in [0, 0.1) is 3.57 Å². The van der Waals surface area contributed by atoms with E-state index in [0.717, 1.165) is 23.0 Å². The first-order chi connectivity index (χ1) is 8.66. The predicted molar refractivity (Wildman–Crippen MR) is 85.0 cm³/mol. The van der Waals surface area contributed by atoms with Crippen LogP contribution in [0.3, 0.4) is 0 Å². The van der Waals surface area contributed by atoms with Crippen LogP contribution in [-0.2, 0) is 12.8 Å². The molecule has 2 aromatic rings. The monoisotopic (exact) mass is 417 g/mol. The first kappa shape index (κ1) is 12.5. The zero-order valence-electron chi connectivity index (χ0n) is 9.79. The summed E-state index contributed by atoms with van der Waals surface area (Å²) in [5.74, 6) is 0.695. The Kier molecular flexibility index (Phi) is 3.36. The Hall–Kier alpha value is -0.560. The second-order valence-electron chi connectivity index (χ2n) is 4.53. The summed E-state index contributed by atoms with van der Waals surface area (Å²) in [6, 6.07) is 6.24. The number of nitrogens with zero attached hydrogens (tertiary/aromatic N) is 2. The Morgan fingerprint density at radius 3 is 2.89 bits per heavy atom. The van der Waals surface area contributed by atoms with Gasteiger partial charge in [-0.1, -0.05) is 15.9 Å². The Labute approximate surface area is 128 Å². The summed E-state index contributed by atoms with van der Waals surface area (Å²) in [7, 11) is 0. The van der Waals surface area contributed by atoms with E-state index >= 15 is 0 Å². The maximum absolute atomic E-state index is 6.04. The van der Waals surface area contributed by atoms with Crippen molar-refractivity contribution in [2.45, 2.75) is 25.7 Å². The van der Waals surface area contributed by atoms with Gasteiger partial charge in [0.25, 0.3) is 0 Å². The first-order valence-corrected chi connectivity index (χ1v) is 7.85. The molecule has 18 heavy (non-hydrogen) atoms. The molecular weight excluding hydrogens is 405 g/mol. The van der Waals surface area contributed by atoms with Crippen molar-refractivity contribution in [1.82, 2.24) is 9.78 Å². The molecule has 0 atom stereocenters. The lowest BCUT2D eigenvalue weighted by Gasteiger charge is -2.14. The molecule has 0 aliphatic heterocycles. The normalized spacial score (nSPS) is 14.6. The van der Waals surface area contributed by atoms with Gasteiger partial charge in [0.05, 0.1) is 5.69 Å². The highest BCUT2D eigenvalue weighted by atomic mass is 127. The van der Waals surface area contributed by atoms with Crippen LogP contribution in [0.5, 0.6) is 0 Å². The largest absolute Gasteiger partial charge is 0.382 e. The second kappa shape index (κ2) is 4.85. The van der Waals surface area contributed by atoms with Gasteiger partial charge in [-0.2, -0.15) is 5.10 Å². The molecule has 0 fully saturated rings. The van der Waals surface area contributed by atoms with E-state index in [9.17, 15) is 0 Å². The summed E-state index contributed by atoms with van der Waals surface area (Å²) in [5, 5.41) is 4.53. The van der Waals surface area contributed by atoms with Gasteiger partial charge in [-0.3, -0.25) is 0 Å². The molecule has 1 aromatic carbocycles. The molecule has 1 aliphatic rings. The number of nitrogen functional groups attached to an aromatic ring is 1. The van der Waals surface area contributed by atoms with Gasteiger partial charge in [0, 0.05) is 19.3 Å². The molecule has 5 heteroatoms. The molecule has 1 aromatic heterocycles. The number of anilines is 1. The summed E-state index contributed by atoms with van der Waals surface area (Å²) >= 11 is 5.86. The molecule has 1 aliphatic carbocycles. The lowest BCUT2D eigenvalue weighted by atomic mass is 9.97. The van der Waals surface area contributed by atoms with Crippen LogP contribution in [0.25, 0.3) is 5.69 Å². The molecule has 0 saturated heterocycles. The van der Waals surface area contributed by atoms with Gasteiger partial charge in [0.2, 0.25) is 0 Å². The first-order valence-electron chi connectivity index (χ1n) is 5.98. The fourth-order valence-corrected chi connectivity index (χ4v) is 3.39. The van der Waals surface area contributed by atoms with Crippen LogP contribution in [-0.4, -0.2) is 9.78 Å². The maximum atomic E-state index is 6.04. The molecular formula is C13H13BrIN3. The van der Waals surface area contributed by atoms with E-state index in [1.165, 1.54) is 27.7 Å². The Morgan fingerprint density at radius 2 is 2.06 bits per heavy atom. The molecule has 0 radical (unpaired) electrons. The van der Waals surface area contributed by atoms with Crippen LogP contribution < -0.4 is 5.73 Å². The third-order valence-corrected chi connectivity index (χ3v) is 4.75. The van der Waals surface area contributed by atoms with E-state index in [1.54, 1.807) is 0 Å². The lowest BCUT2D eigenvalue weighted by molar-refractivity contribution is 0.652. The SMILES string of the molecule is Nc1nn(-c2cc(Br)ccc2I)c2c1CCCC2. The van der Waals surface area contributed by atoms with Crippen molar-refractivity contribution in [2.75, 3.05) is 5.73 Å². The van der Waals surface area contributed by atoms with E-state index < -0.39 is 0 Å². The average Bonchev–Trinajstić information content (AvgIpc) is 2.71. The van der Waals surface area contributed by atoms with Gasteiger partial charge in [0.15, 0.2) is 0 Å². The van der Waals surface area contributed by atoms with E-state index in [4.69, 9.17) is 5.73 Å². The Balaban J connectivity index is 2.20. The van der Waals surface area contributed by atoms with Crippen molar-refractivity contribution in [3.8, 4) is 5.69 Å². The van der Waals surface area contributed by atoms with Crippen LogP contribution >= 0.6 is 38.5 Å². The number of benzene rings is 1. The van der Waals surface area contributed by atoms with Crippen molar-refractivity contribution < 1.29 is 0 Å². The Bertz CT molecular complexity index is 607. The number of aromatic nitrogens is 2. The van der Waals surface area contributed by atoms with Crippen LogP contribution in [0.4, 0.5) is 5.82 Å². The topological polar surface area (TPSA) is 43.8 Å². The summed E-state index contributed by atoms with van der Waals surface area (Å²) < 4.78 is 4.28. The standard InChI is InChI=1S/C13H13BrIN3/c14-8-5-6-10(15)12(7-8)18-11-4-2-1-3-9(11)13(16)17-18/h5-7H,1-4H2,(H2,16,17). The van der Waals surface area contributed by atoms with Crippen LogP contribution in [0.2, 0.25) is 0 Å². The van der Waals surface area contributed by atoms with E-state index in [2.05, 4.69) is 55.8 Å². The smallest absolute Gasteiger partial charge is 0.149 e. The van der Waals surface area contributed by atoms with Crippen molar-refractivity contribution in [1.29, 1.82) is 0 Å². The highest BCUT2D eigenvalue weighted by molar-refractivity contribution is 14.1. The minimum absolute atomic E-state index is 0.695. The zero-order valence-corrected chi connectivity index (χ0v) is 13.5. The molecule has 0 amide bonds. The fourth-order valence-electron chi connectivity index (χ4n) is 2.47. The minimum Gasteiger partial charge on any atom is -0.382 e. The molecule has 0 bridgehead atoms. The Morgan fingerprint density at radius 1 is 1.28 bits per heavy atom. The van der Waals surface area contributed by atoms with Crippen molar-refractivity contribution >= 4 is 44.3 Å². The number of fused-ring (bicyclic) bond motifs is 1. The predicted octanol–water partition coefficient (Wildman–Crippen LogP) is 3.70. The highest BCUT2D eigenvalue weighted by Gasteiger charge is 2.20. The van der Waals surface area contributed by atoms with Crippen LogP contribution in [0.15, 0.2) is 22.7 Å². The number of hydrogen-bond acceptors (Lipinski definition) is 2. The summed E-state index contributed by atoms with van der Waals surface area (Å²) in [4.78, 5) is 0. The molecule has 2 N–H and O–H groups in total.